The van der Waals surface area contributed by atoms with Crippen LogP contribution in [0.2, 0.25) is 0 Å². The molecule has 2 rings (SSSR count). The van der Waals surface area contributed by atoms with Crippen LogP contribution >= 0.6 is 0 Å². The van der Waals surface area contributed by atoms with E-state index in [-0.39, 0.29) is 28.5 Å². The molecule has 0 unspecified atom stereocenters. The molecule has 2 heterocycles. The second-order valence-electron chi connectivity index (χ2n) is 1.59. The summed E-state index contributed by atoms with van der Waals surface area (Å²) in [5.41, 5.74) is 0. The van der Waals surface area contributed by atoms with Gasteiger partial charge in [-0.25, -0.2) is 0 Å². The van der Waals surface area contributed by atoms with Gasteiger partial charge >= 0.3 is 21.1 Å². The molecule has 2 aromatic rings. The van der Waals surface area contributed by atoms with E-state index in [2.05, 4.69) is 21.2 Å². The Hall–Kier alpha value is -0.762. The maximum absolute atomic E-state index is 3.88. The maximum Gasteiger partial charge on any atom is 2.00 e. The van der Waals surface area contributed by atoms with Gasteiger partial charge in [-0.2, -0.15) is 6.20 Å². The Morgan fingerprint density at radius 3 is 2.69 bits per heavy atom. The third-order valence-electron chi connectivity index (χ3n) is 1.02. The molecular weight excluding hydrogens is 336 g/mol. The summed E-state index contributed by atoms with van der Waals surface area (Å²) in [4.78, 5) is 3.88. The molecule has 70 valence electrons. The molecule has 2 aromatic heterocycles. The van der Waals surface area contributed by atoms with Gasteiger partial charge in [0.05, 0.1) is 0 Å². The van der Waals surface area contributed by atoms with E-state index in [1.807, 2.05) is 13.8 Å². The summed E-state index contributed by atoms with van der Waals surface area (Å²) < 4.78 is 1.69. The fourth-order valence-electron chi connectivity index (χ4n) is 0.629. The Kier molecular flexibility index (Phi) is 8.92. The van der Waals surface area contributed by atoms with Gasteiger partial charge in [0, 0.05) is 0 Å². The molecule has 0 fully saturated rings. The molecule has 0 aliphatic rings. The summed E-state index contributed by atoms with van der Waals surface area (Å²) in [6, 6.07) is 2.79. The van der Waals surface area contributed by atoms with Crippen molar-refractivity contribution < 1.29 is 21.1 Å². The van der Waals surface area contributed by atoms with Gasteiger partial charge in [0.15, 0.2) is 0 Å². The molecule has 5 heteroatoms. The minimum atomic E-state index is 0. The van der Waals surface area contributed by atoms with Gasteiger partial charge in [0.1, 0.15) is 6.33 Å². The zero-order chi connectivity index (χ0) is 8.10. The summed E-state index contributed by atoms with van der Waals surface area (Å²) in [5.74, 6) is 0.605. The zero-order valence-electron chi connectivity index (χ0n) is 7.93. The monoisotopic (exact) mass is 348 g/mol. The second-order valence-corrected chi connectivity index (χ2v) is 1.59. The summed E-state index contributed by atoms with van der Waals surface area (Å²) in [5, 5.41) is 7.33. The van der Waals surface area contributed by atoms with Gasteiger partial charge in [0.25, 0.3) is 0 Å². The molecule has 4 nitrogen and oxygen atoms in total. The quantitative estimate of drug-likeness (QED) is 0.676. The third-order valence-corrected chi connectivity index (χ3v) is 1.02. The molecule has 0 bridgehead atoms. The molecule has 0 aliphatic heterocycles. The van der Waals surface area contributed by atoms with Crippen LogP contribution in [0.15, 0.2) is 18.7 Å². The number of hydrogen-bond donors (Lipinski definition) is 0. The summed E-state index contributed by atoms with van der Waals surface area (Å²) in [6.45, 7) is 4.00. The van der Waals surface area contributed by atoms with Crippen molar-refractivity contribution in [2.24, 2.45) is 0 Å². The maximum atomic E-state index is 3.88. The molecule has 0 aliphatic carbocycles. The number of hydrogen-bond acceptors (Lipinski definition) is 3. The van der Waals surface area contributed by atoms with Crippen molar-refractivity contribution in [2.45, 2.75) is 13.8 Å². The van der Waals surface area contributed by atoms with Crippen molar-refractivity contribution in [3.05, 3.63) is 32.2 Å². The average Bonchev–Trinajstić information content (AvgIpc) is 2.55. The first-order chi connectivity index (χ1) is 5.47. The van der Waals surface area contributed by atoms with Crippen LogP contribution < -0.4 is 0 Å². The van der Waals surface area contributed by atoms with Crippen LogP contribution in [0.3, 0.4) is 0 Å². The zero-order valence-corrected chi connectivity index (χ0v) is 10.9. The standard InChI is InChI=1S/C5H3N4.C2H6.CH3.W/c1-2-6-5-8-7-4-9(5)3-1;1-2;;/h2-4H;1-2H3;1H3;/q-1;;-1;+2. The van der Waals surface area contributed by atoms with Crippen LogP contribution in [0.1, 0.15) is 13.8 Å². The van der Waals surface area contributed by atoms with E-state index in [9.17, 15) is 0 Å². The first kappa shape index (κ1) is 14.7. The smallest absolute Gasteiger partial charge is 0.435 e. The van der Waals surface area contributed by atoms with E-state index in [1.165, 1.54) is 0 Å². The molecule has 0 amide bonds. The third kappa shape index (κ3) is 3.64. The fraction of sp³-hybridized carbons (Fsp3) is 0.250. The number of rotatable bonds is 0. The Morgan fingerprint density at radius 2 is 2.08 bits per heavy atom. The predicted molar refractivity (Wildman–Crippen MR) is 47.4 cm³/mol. The van der Waals surface area contributed by atoms with Gasteiger partial charge in [-0.15, -0.1) is 16.4 Å². The van der Waals surface area contributed by atoms with E-state index in [4.69, 9.17) is 0 Å². The minimum Gasteiger partial charge on any atom is -0.435 e. The molecular formula is C8H12N4W. The average molecular weight is 348 g/mol. The Morgan fingerprint density at radius 1 is 1.38 bits per heavy atom. The van der Waals surface area contributed by atoms with Gasteiger partial charge < -0.3 is 17.9 Å². The largest absolute Gasteiger partial charge is 2.00 e. The van der Waals surface area contributed by atoms with E-state index in [0.717, 1.165) is 0 Å². The van der Waals surface area contributed by atoms with E-state index < -0.39 is 0 Å². The van der Waals surface area contributed by atoms with Gasteiger partial charge in [0.2, 0.25) is 5.78 Å². The molecule has 0 N–H and O–H groups in total. The van der Waals surface area contributed by atoms with Gasteiger partial charge in [-0.1, -0.05) is 13.8 Å². The van der Waals surface area contributed by atoms with Gasteiger partial charge in [-0.05, 0) is 0 Å². The topological polar surface area (TPSA) is 43.1 Å². The van der Waals surface area contributed by atoms with Crippen molar-refractivity contribution in [1.82, 2.24) is 19.6 Å². The predicted octanol–water partition coefficient (Wildman–Crippen LogP) is 1.40. The normalized spacial score (nSPS) is 7.54. The number of aromatic nitrogens is 4. The van der Waals surface area contributed by atoms with Crippen molar-refractivity contribution in [3.63, 3.8) is 0 Å². The van der Waals surface area contributed by atoms with Crippen LogP contribution in [0, 0.1) is 13.5 Å². The second kappa shape index (κ2) is 7.87. The Bertz CT molecular complexity index is 290. The van der Waals surface area contributed by atoms with Crippen LogP contribution in [-0.2, 0) is 21.1 Å². The molecule has 0 atom stereocenters. The first-order valence-electron chi connectivity index (χ1n) is 3.48. The minimum absolute atomic E-state index is 0. The van der Waals surface area contributed by atoms with Gasteiger partial charge in [-0.3, -0.25) is 4.98 Å². The Balaban J connectivity index is 0. The molecule has 0 saturated carbocycles. The van der Waals surface area contributed by atoms with E-state index in [0.29, 0.717) is 5.78 Å². The van der Waals surface area contributed by atoms with Crippen molar-refractivity contribution >= 4 is 5.78 Å². The SMILES string of the molecule is CC.[CH3-].[W+2].[c-]1cnc2nncn2c1. The summed E-state index contributed by atoms with van der Waals surface area (Å²) in [7, 11) is 0. The number of nitrogens with zero attached hydrogens (tertiary/aromatic N) is 4. The Labute approximate surface area is 92.7 Å². The first-order valence-corrected chi connectivity index (χ1v) is 3.48. The van der Waals surface area contributed by atoms with Crippen LogP contribution in [-0.4, -0.2) is 19.6 Å². The summed E-state index contributed by atoms with van der Waals surface area (Å²) in [6.07, 6.45) is 4.87. The van der Waals surface area contributed by atoms with Crippen molar-refractivity contribution in [3.8, 4) is 0 Å². The van der Waals surface area contributed by atoms with Crippen LogP contribution in [0.5, 0.6) is 0 Å². The molecule has 0 spiro atoms. The van der Waals surface area contributed by atoms with Crippen molar-refractivity contribution in [2.75, 3.05) is 0 Å². The summed E-state index contributed by atoms with van der Waals surface area (Å²) >= 11 is 0. The fourth-order valence-corrected chi connectivity index (χ4v) is 0.629. The molecule has 13 heavy (non-hydrogen) atoms. The van der Waals surface area contributed by atoms with Crippen LogP contribution in [0.4, 0.5) is 0 Å². The van der Waals surface area contributed by atoms with E-state index in [1.54, 1.807) is 23.1 Å². The molecule has 0 radical (unpaired) electrons. The van der Waals surface area contributed by atoms with Crippen LogP contribution in [0.25, 0.3) is 5.78 Å². The molecule has 0 aromatic carbocycles. The van der Waals surface area contributed by atoms with E-state index >= 15 is 0 Å². The number of fused-ring (bicyclic) bond motifs is 1. The molecule has 0 saturated heterocycles. The van der Waals surface area contributed by atoms with Crippen molar-refractivity contribution in [1.29, 1.82) is 0 Å².